The predicted molar refractivity (Wildman–Crippen MR) is 88.3 cm³/mol. The summed E-state index contributed by atoms with van der Waals surface area (Å²) in [7, 11) is 1.83. The van der Waals surface area contributed by atoms with E-state index in [2.05, 4.69) is 10.4 Å². The number of alkyl halides is 2. The van der Waals surface area contributed by atoms with E-state index in [0.29, 0.717) is 11.5 Å². The van der Waals surface area contributed by atoms with Crippen LogP contribution in [0.2, 0.25) is 0 Å². The highest BCUT2D eigenvalue weighted by Gasteiger charge is 2.45. The first-order chi connectivity index (χ1) is 11.9. The Balaban J connectivity index is 1.57. The second kappa shape index (κ2) is 5.93. The van der Waals surface area contributed by atoms with Gasteiger partial charge in [-0.25, -0.2) is 13.8 Å². The van der Waals surface area contributed by atoms with Crippen molar-refractivity contribution in [3.05, 3.63) is 18.2 Å². The van der Waals surface area contributed by atoms with Crippen molar-refractivity contribution in [3.8, 4) is 11.3 Å². The lowest BCUT2D eigenvalue weighted by Crippen LogP contribution is -2.37. The highest BCUT2D eigenvalue weighted by atomic mass is 19.3. The lowest BCUT2D eigenvalue weighted by molar-refractivity contribution is -0.129. The highest BCUT2D eigenvalue weighted by molar-refractivity contribution is 5.93. The molecule has 8 heteroatoms. The Bertz CT molecular complexity index is 802. The second-order valence-electron chi connectivity index (χ2n) is 7.12. The Morgan fingerprint density at radius 2 is 2.20 bits per heavy atom. The molecule has 2 aliphatic rings. The minimum Gasteiger partial charge on any atom is -0.314 e. The molecule has 1 fully saturated rings. The summed E-state index contributed by atoms with van der Waals surface area (Å²) in [5, 5.41) is 7.11. The summed E-state index contributed by atoms with van der Waals surface area (Å²) < 4.78 is 29.7. The maximum absolute atomic E-state index is 13.0. The summed E-state index contributed by atoms with van der Waals surface area (Å²) in [5.74, 6) is -1.43. The number of fused-ring (bicyclic) bond motifs is 1. The SMILES string of the molecule is Cn1cc(-c2nc3n(c2NC(=O)CC2CC(F)(F)C2)CCCC3)cn1. The van der Waals surface area contributed by atoms with Crippen molar-refractivity contribution >= 4 is 11.7 Å². The van der Waals surface area contributed by atoms with Gasteiger partial charge in [-0.1, -0.05) is 0 Å². The molecule has 0 aromatic carbocycles. The van der Waals surface area contributed by atoms with E-state index < -0.39 is 5.92 Å². The molecule has 2 aromatic rings. The van der Waals surface area contributed by atoms with Gasteiger partial charge in [0.05, 0.1) is 6.20 Å². The number of imidazole rings is 1. The molecule has 1 aliphatic heterocycles. The zero-order valence-corrected chi connectivity index (χ0v) is 14.1. The van der Waals surface area contributed by atoms with Crippen molar-refractivity contribution in [3.63, 3.8) is 0 Å². The second-order valence-corrected chi connectivity index (χ2v) is 7.12. The number of hydrogen-bond acceptors (Lipinski definition) is 3. The zero-order chi connectivity index (χ0) is 17.6. The smallest absolute Gasteiger partial charge is 0.248 e. The van der Waals surface area contributed by atoms with Gasteiger partial charge in [0.2, 0.25) is 11.8 Å². The predicted octanol–water partition coefficient (Wildman–Crippen LogP) is 2.99. The fourth-order valence-corrected chi connectivity index (χ4v) is 3.73. The molecule has 4 rings (SSSR count). The molecule has 0 unspecified atom stereocenters. The van der Waals surface area contributed by atoms with Gasteiger partial charge in [-0.15, -0.1) is 0 Å². The van der Waals surface area contributed by atoms with E-state index in [0.717, 1.165) is 37.2 Å². The number of aryl methyl sites for hydroxylation is 2. The largest absolute Gasteiger partial charge is 0.314 e. The van der Waals surface area contributed by atoms with Gasteiger partial charge in [0, 0.05) is 51.0 Å². The van der Waals surface area contributed by atoms with E-state index in [9.17, 15) is 13.6 Å². The standard InChI is InChI=1S/C17H21F2N5O/c1-23-10-12(9-20-23)15-16(24-5-3-2-4-13(24)21-15)22-14(25)6-11-7-17(18,19)8-11/h9-11H,2-8H2,1H3,(H,22,25). The number of anilines is 1. The minimum absolute atomic E-state index is 0.128. The maximum Gasteiger partial charge on any atom is 0.248 e. The summed E-state index contributed by atoms with van der Waals surface area (Å²) in [6.07, 6.45) is 6.30. The van der Waals surface area contributed by atoms with Crippen LogP contribution >= 0.6 is 0 Å². The van der Waals surface area contributed by atoms with Crippen LogP contribution in [0.5, 0.6) is 0 Å². The van der Waals surface area contributed by atoms with Crippen molar-refractivity contribution in [2.24, 2.45) is 13.0 Å². The van der Waals surface area contributed by atoms with E-state index in [1.807, 2.05) is 17.8 Å². The maximum atomic E-state index is 13.0. The number of nitrogens with zero attached hydrogens (tertiary/aromatic N) is 4. The molecule has 0 radical (unpaired) electrons. The lowest BCUT2D eigenvalue weighted by atomic mass is 9.79. The molecule has 6 nitrogen and oxygen atoms in total. The Labute approximate surface area is 144 Å². The van der Waals surface area contributed by atoms with Gasteiger partial charge < -0.3 is 9.88 Å². The molecule has 2 aromatic heterocycles. The van der Waals surface area contributed by atoms with Gasteiger partial charge in [0.25, 0.3) is 0 Å². The fourth-order valence-electron chi connectivity index (χ4n) is 3.73. The van der Waals surface area contributed by atoms with E-state index in [-0.39, 0.29) is 31.1 Å². The summed E-state index contributed by atoms with van der Waals surface area (Å²) in [6.45, 7) is 0.805. The van der Waals surface area contributed by atoms with Crippen LogP contribution in [-0.4, -0.2) is 31.2 Å². The third-order valence-electron chi connectivity index (χ3n) is 4.96. The summed E-state index contributed by atoms with van der Waals surface area (Å²) in [6, 6.07) is 0. The van der Waals surface area contributed by atoms with E-state index in [4.69, 9.17) is 4.98 Å². The molecule has 1 aliphatic carbocycles. The number of rotatable bonds is 4. The first kappa shape index (κ1) is 16.2. The quantitative estimate of drug-likeness (QED) is 0.923. The van der Waals surface area contributed by atoms with Crippen molar-refractivity contribution < 1.29 is 13.6 Å². The first-order valence-electron chi connectivity index (χ1n) is 8.67. The number of aromatic nitrogens is 4. The Hall–Kier alpha value is -2.25. The summed E-state index contributed by atoms with van der Waals surface area (Å²) in [4.78, 5) is 17.1. The van der Waals surface area contributed by atoms with E-state index in [1.165, 1.54) is 0 Å². The molecule has 25 heavy (non-hydrogen) atoms. The summed E-state index contributed by atoms with van der Waals surface area (Å²) >= 11 is 0. The van der Waals surface area contributed by atoms with Gasteiger partial charge in [0.1, 0.15) is 17.3 Å². The number of nitrogens with one attached hydrogen (secondary N) is 1. The first-order valence-corrected chi connectivity index (χ1v) is 8.67. The Morgan fingerprint density at radius 1 is 1.40 bits per heavy atom. The molecule has 1 amide bonds. The summed E-state index contributed by atoms with van der Waals surface area (Å²) in [5.41, 5.74) is 1.55. The van der Waals surface area contributed by atoms with Gasteiger partial charge in [-0.2, -0.15) is 5.10 Å². The fraction of sp³-hybridized carbons (Fsp3) is 0.588. The average Bonchev–Trinajstić information content (AvgIpc) is 3.10. The molecule has 0 saturated heterocycles. The monoisotopic (exact) mass is 349 g/mol. The molecule has 1 saturated carbocycles. The topological polar surface area (TPSA) is 64.7 Å². The molecule has 0 bridgehead atoms. The molecule has 0 spiro atoms. The number of carbonyl (C=O) groups excluding carboxylic acids is 1. The minimum atomic E-state index is -2.60. The highest BCUT2D eigenvalue weighted by Crippen LogP contribution is 2.44. The normalized spacial score (nSPS) is 19.3. The molecular weight excluding hydrogens is 328 g/mol. The van der Waals surface area contributed by atoms with Gasteiger partial charge in [-0.3, -0.25) is 9.48 Å². The van der Waals surface area contributed by atoms with Crippen LogP contribution in [0.15, 0.2) is 12.4 Å². The number of hydrogen-bond donors (Lipinski definition) is 1. The third-order valence-corrected chi connectivity index (χ3v) is 4.96. The van der Waals surface area contributed by atoms with Crippen molar-refractivity contribution in [1.82, 2.24) is 19.3 Å². The van der Waals surface area contributed by atoms with Gasteiger partial charge >= 0.3 is 0 Å². The van der Waals surface area contributed by atoms with Crippen molar-refractivity contribution in [2.45, 2.75) is 51.0 Å². The van der Waals surface area contributed by atoms with Crippen LogP contribution in [0.4, 0.5) is 14.6 Å². The van der Waals surface area contributed by atoms with Crippen molar-refractivity contribution in [2.75, 3.05) is 5.32 Å². The number of carbonyl (C=O) groups is 1. The van der Waals surface area contributed by atoms with Gasteiger partial charge in [-0.05, 0) is 18.8 Å². The Morgan fingerprint density at radius 3 is 2.88 bits per heavy atom. The van der Waals surface area contributed by atoms with Crippen LogP contribution in [-0.2, 0) is 24.8 Å². The van der Waals surface area contributed by atoms with Gasteiger partial charge in [0.15, 0.2) is 0 Å². The third kappa shape index (κ3) is 3.17. The number of halogens is 2. The molecular formula is C17H21F2N5O. The van der Waals surface area contributed by atoms with Crippen LogP contribution < -0.4 is 5.32 Å². The van der Waals surface area contributed by atoms with E-state index >= 15 is 0 Å². The number of amides is 1. The van der Waals surface area contributed by atoms with Crippen LogP contribution in [0.1, 0.15) is 37.9 Å². The zero-order valence-electron chi connectivity index (χ0n) is 14.1. The average molecular weight is 349 g/mol. The molecule has 1 N–H and O–H groups in total. The van der Waals surface area contributed by atoms with Crippen LogP contribution in [0.25, 0.3) is 11.3 Å². The van der Waals surface area contributed by atoms with Crippen LogP contribution in [0.3, 0.4) is 0 Å². The molecule has 0 atom stereocenters. The van der Waals surface area contributed by atoms with Crippen molar-refractivity contribution in [1.29, 1.82) is 0 Å². The lowest BCUT2D eigenvalue weighted by Gasteiger charge is -2.34. The molecule has 3 heterocycles. The molecule has 134 valence electrons. The Kier molecular flexibility index (Phi) is 3.85. The van der Waals surface area contributed by atoms with Crippen LogP contribution in [0, 0.1) is 5.92 Å². The van der Waals surface area contributed by atoms with E-state index in [1.54, 1.807) is 10.9 Å².